The Morgan fingerprint density at radius 3 is 2.43 bits per heavy atom. The average molecular weight is 432 g/mol. The Hall–Kier alpha value is -2.38. The topological polar surface area (TPSA) is 70.5 Å². The summed E-state index contributed by atoms with van der Waals surface area (Å²) in [5.74, 6) is 0.410. The quantitative estimate of drug-likeness (QED) is 0.762. The normalized spacial score (nSPS) is 16.0. The highest BCUT2D eigenvalue weighted by atomic mass is 35.5. The molecule has 1 aliphatic rings. The molecular weight excluding hydrogens is 402 g/mol. The van der Waals surface area contributed by atoms with E-state index < -0.39 is 0 Å². The lowest BCUT2D eigenvalue weighted by molar-refractivity contribution is -0.137. The molecule has 1 N–H and O–H groups in total. The molecule has 1 aromatic carbocycles. The second kappa shape index (κ2) is 9.62. The molecule has 1 saturated heterocycles. The number of hydrogen-bond acceptors (Lipinski definition) is 4. The number of nitrogens with zero attached hydrogens (tertiary/aromatic N) is 4. The summed E-state index contributed by atoms with van der Waals surface area (Å²) < 4.78 is 1.69. The van der Waals surface area contributed by atoms with E-state index in [1.54, 1.807) is 17.9 Å². The number of aromatic nitrogens is 2. The SMILES string of the molecule is CNC(=O)c1cn(C)nc1CC1CCN(C(=O)[C@@H](c2ccc(Cl)cc2)N(C)C)CC1. The highest BCUT2D eigenvalue weighted by Crippen LogP contribution is 2.27. The van der Waals surface area contributed by atoms with Gasteiger partial charge in [-0.2, -0.15) is 5.10 Å². The summed E-state index contributed by atoms with van der Waals surface area (Å²) in [4.78, 5) is 29.3. The molecule has 7 nitrogen and oxygen atoms in total. The van der Waals surface area contributed by atoms with E-state index in [1.165, 1.54) is 0 Å². The van der Waals surface area contributed by atoms with Crippen molar-refractivity contribution in [1.29, 1.82) is 0 Å². The first-order valence-corrected chi connectivity index (χ1v) is 10.6. The summed E-state index contributed by atoms with van der Waals surface area (Å²) in [6.45, 7) is 1.42. The van der Waals surface area contributed by atoms with Gasteiger partial charge in [0.05, 0.1) is 11.3 Å². The number of likely N-dealkylation sites (N-methyl/N-ethyl adjacent to an activating group) is 1. The summed E-state index contributed by atoms with van der Waals surface area (Å²) >= 11 is 6.01. The molecule has 2 amide bonds. The van der Waals surface area contributed by atoms with Crippen LogP contribution in [-0.2, 0) is 18.3 Å². The van der Waals surface area contributed by atoms with Crippen LogP contribution in [0, 0.1) is 5.92 Å². The number of rotatable bonds is 6. The molecule has 8 heteroatoms. The van der Waals surface area contributed by atoms with Gasteiger partial charge in [-0.15, -0.1) is 0 Å². The Balaban J connectivity index is 1.64. The van der Waals surface area contributed by atoms with Crippen LogP contribution in [-0.4, -0.2) is 65.6 Å². The Morgan fingerprint density at radius 1 is 1.23 bits per heavy atom. The van der Waals surface area contributed by atoms with Crippen LogP contribution in [0.3, 0.4) is 0 Å². The predicted octanol–water partition coefficient (Wildman–Crippen LogP) is 2.52. The summed E-state index contributed by atoms with van der Waals surface area (Å²) in [5, 5.41) is 7.82. The van der Waals surface area contributed by atoms with Crippen molar-refractivity contribution in [3.05, 3.63) is 52.3 Å². The zero-order valence-corrected chi connectivity index (χ0v) is 18.8. The third-order valence-electron chi connectivity index (χ3n) is 5.72. The van der Waals surface area contributed by atoms with E-state index in [4.69, 9.17) is 11.6 Å². The van der Waals surface area contributed by atoms with Crippen LogP contribution < -0.4 is 5.32 Å². The fraction of sp³-hybridized carbons (Fsp3) is 0.500. The second-order valence-corrected chi connectivity index (χ2v) is 8.57. The van der Waals surface area contributed by atoms with Gasteiger partial charge < -0.3 is 10.2 Å². The van der Waals surface area contributed by atoms with E-state index in [0.717, 1.165) is 30.5 Å². The number of halogens is 1. The van der Waals surface area contributed by atoms with Gasteiger partial charge >= 0.3 is 0 Å². The third kappa shape index (κ3) is 5.02. The van der Waals surface area contributed by atoms with Gasteiger partial charge in [-0.05, 0) is 57.0 Å². The molecule has 0 bridgehead atoms. The van der Waals surface area contributed by atoms with Crippen molar-refractivity contribution < 1.29 is 9.59 Å². The number of amides is 2. The van der Waals surface area contributed by atoms with Gasteiger partial charge in [0.2, 0.25) is 5.91 Å². The van der Waals surface area contributed by atoms with Crippen molar-refractivity contribution >= 4 is 23.4 Å². The standard InChI is InChI=1S/C22H30ClN5O2/c1-24-21(29)18-14-27(4)25-19(18)13-15-9-11-28(12-10-15)22(30)20(26(2)3)16-5-7-17(23)8-6-16/h5-8,14-15,20H,9-13H2,1-4H3,(H,24,29)/t20-/m1/s1. The van der Waals surface area contributed by atoms with Gasteiger partial charge in [0.25, 0.3) is 5.91 Å². The summed E-state index contributed by atoms with van der Waals surface area (Å²) in [6.07, 6.45) is 4.31. The van der Waals surface area contributed by atoms with Crippen molar-refractivity contribution in [2.24, 2.45) is 13.0 Å². The van der Waals surface area contributed by atoms with Gasteiger partial charge in [0.1, 0.15) is 6.04 Å². The van der Waals surface area contributed by atoms with Crippen LogP contribution in [0.15, 0.2) is 30.5 Å². The molecule has 3 rings (SSSR count). The lowest BCUT2D eigenvalue weighted by Gasteiger charge is -2.36. The molecule has 2 aromatic rings. The third-order valence-corrected chi connectivity index (χ3v) is 5.97. The lowest BCUT2D eigenvalue weighted by Crippen LogP contribution is -2.44. The van der Waals surface area contributed by atoms with Crippen LogP contribution in [0.4, 0.5) is 0 Å². The maximum atomic E-state index is 13.3. The zero-order valence-electron chi connectivity index (χ0n) is 18.1. The van der Waals surface area contributed by atoms with Crippen LogP contribution >= 0.6 is 11.6 Å². The minimum absolute atomic E-state index is 0.109. The van der Waals surface area contributed by atoms with E-state index in [2.05, 4.69) is 10.4 Å². The number of benzene rings is 1. The summed E-state index contributed by atoms with van der Waals surface area (Å²) in [5.41, 5.74) is 2.41. The maximum absolute atomic E-state index is 13.3. The lowest BCUT2D eigenvalue weighted by atomic mass is 9.90. The van der Waals surface area contributed by atoms with Crippen molar-refractivity contribution in [3.63, 3.8) is 0 Å². The molecule has 1 aromatic heterocycles. The van der Waals surface area contributed by atoms with Crippen molar-refractivity contribution in [1.82, 2.24) is 24.9 Å². The predicted molar refractivity (Wildman–Crippen MR) is 117 cm³/mol. The van der Waals surface area contributed by atoms with Crippen molar-refractivity contribution in [2.75, 3.05) is 34.2 Å². The van der Waals surface area contributed by atoms with E-state index in [9.17, 15) is 9.59 Å². The summed E-state index contributed by atoms with van der Waals surface area (Å²) in [6, 6.07) is 7.15. The molecule has 1 fully saturated rings. The Labute approximate surface area is 183 Å². The second-order valence-electron chi connectivity index (χ2n) is 8.13. The van der Waals surface area contributed by atoms with Crippen LogP contribution in [0.5, 0.6) is 0 Å². The molecule has 0 radical (unpaired) electrons. The highest BCUT2D eigenvalue weighted by Gasteiger charge is 2.31. The molecule has 2 heterocycles. The number of nitrogens with one attached hydrogen (secondary N) is 1. The number of piperidine rings is 1. The largest absolute Gasteiger partial charge is 0.355 e. The number of carbonyl (C=O) groups is 2. The zero-order chi connectivity index (χ0) is 21.8. The monoisotopic (exact) mass is 431 g/mol. The van der Waals surface area contributed by atoms with Crippen molar-refractivity contribution in [2.45, 2.75) is 25.3 Å². The number of likely N-dealkylation sites (tertiary alicyclic amines) is 1. The Kier molecular flexibility index (Phi) is 7.15. The van der Waals surface area contributed by atoms with Gasteiger partial charge in [0, 0.05) is 38.4 Å². The van der Waals surface area contributed by atoms with E-state index in [-0.39, 0.29) is 17.9 Å². The average Bonchev–Trinajstić information content (AvgIpc) is 3.09. The van der Waals surface area contributed by atoms with Gasteiger partial charge in [-0.25, -0.2) is 0 Å². The minimum atomic E-state index is -0.325. The van der Waals surface area contributed by atoms with Crippen LogP contribution in [0.25, 0.3) is 0 Å². The number of aryl methyl sites for hydroxylation is 1. The molecule has 1 atom stereocenters. The maximum Gasteiger partial charge on any atom is 0.254 e. The number of carbonyl (C=O) groups excluding carboxylic acids is 2. The smallest absolute Gasteiger partial charge is 0.254 e. The van der Waals surface area contributed by atoms with Gasteiger partial charge in [-0.3, -0.25) is 19.2 Å². The van der Waals surface area contributed by atoms with Crippen LogP contribution in [0.1, 0.15) is 40.5 Å². The Morgan fingerprint density at radius 2 is 1.87 bits per heavy atom. The van der Waals surface area contributed by atoms with Gasteiger partial charge in [-0.1, -0.05) is 23.7 Å². The fourth-order valence-electron chi connectivity index (χ4n) is 4.12. The molecular formula is C22H30ClN5O2. The van der Waals surface area contributed by atoms with E-state index in [0.29, 0.717) is 29.6 Å². The first kappa shape index (κ1) is 22.3. The molecule has 30 heavy (non-hydrogen) atoms. The first-order valence-electron chi connectivity index (χ1n) is 10.3. The van der Waals surface area contributed by atoms with Crippen LogP contribution in [0.2, 0.25) is 5.02 Å². The van der Waals surface area contributed by atoms with E-state index >= 15 is 0 Å². The molecule has 0 spiro atoms. The molecule has 0 unspecified atom stereocenters. The number of hydrogen-bond donors (Lipinski definition) is 1. The summed E-state index contributed by atoms with van der Waals surface area (Å²) in [7, 11) is 7.30. The minimum Gasteiger partial charge on any atom is -0.355 e. The fourth-order valence-corrected chi connectivity index (χ4v) is 4.25. The molecule has 1 aliphatic heterocycles. The first-order chi connectivity index (χ1) is 14.3. The Bertz CT molecular complexity index is 885. The van der Waals surface area contributed by atoms with Gasteiger partial charge in [0.15, 0.2) is 0 Å². The van der Waals surface area contributed by atoms with Crippen molar-refractivity contribution in [3.8, 4) is 0 Å². The highest BCUT2D eigenvalue weighted by molar-refractivity contribution is 6.30. The molecule has 0 aliphatic carbocycles. The molecule has 0 saturated carbocycles. The molecule has 162 valence electrons. The van der Waals surface area contributed by atoms with E-state index in [1.807, 2.05) is 55.2 Å².